The summed E-state index contributed by atoms with van der Waals surface area (Å²) in [5.41, 5.74) is 3.42. The monoisotopic (exact) mass is 339 g/mol. The summed E-state index contributed by atoms with van der Waals surface area (Å²) >= 11 is 0. The molecule has 0 aliphatic rings. The molecule has 1 N–H and O–H groups in total. The van der Waals surface area contributed by atoms with E-state index >= 15 is 0 Å². The molecule has 0 aliphatic heterocycles. The molecule has 0 atom stereocenters. The highest BCUT2D eigenvalue weighted by atomic mass is 16.6. The normalized spacial score (nSPS) is 10.9. The summed E-state index contributed by atoms with van der Waals surface area (Å²) in [6.07, 6.45) is 4.53. The Balaban J connectivity index is 1.59. The van der Waals surface area contributed by atoms with Crippen LogP contribution in [0.15, 0.2) is 64.4 Å². The van der Waals surface area contributed by atoms with Crippen LogP contribution in [0.2, 0.25) is 0 Å². The molecule has 1 aromatic carbocycles. The molecule has 0 radical (unpaired) electrons. The maximum Gasteiger partial charge on any atom is 0.291 e. The summed E-state index contributed by atoms with van der Waals surface area (Å²) in [6, 6.07) is 11.1. The lowest BCUT2D eigenvalue weighted by molar-refractivity contribution is -0.384. The van der Waals surface area contributed by atoms with E-state index in [4.69, 9.17) is 4.42 Å². The van der Waals surface area contributed by atoms with Gasteiger partial charge in [0.1, 0.15) is 5.76 Å². The molecule has 0 saturated heterocycles. The van der Waals surface area contributed by atoms with E-state index in [2.05, 4.69) is 15.6 Å². The van der Waals surface area contributed by atoms with E-state index in [0.717, 1.165) is 5.56 Å². The van der Waals surface area contributed by atoms with Crippen molar-refractivity contribution >= 4 is 17.8 Å². The van der Waals surface area contributed by atoms with Crippen LogP contribution in [0.5, 0.6) is 0 Å². The van der Waals surface area contributed by atoms with Crippen molar-refractivity contribution in [1.82, 2.24) is 15.2 Å². The Labute approximate surface area is 141 Å². The Hall–Kier alpha value is -3.75. The number of aromatic nitrogens is 2. The third-order valence-electron chi connectivity index (χ3n) is 3.27. The first-order valence-electron chi connectivity index (χ1n) is 7.25. The number of hydrogen-bond donors (Lipinski definition) is 1. The first kappa shape index (κ1) is 16.1. The number of hydrogen-bond acceptors (Lipinski definition) is 6. The van der Waals surface area contributed by atoms with Crippen molar-refractivity contribution in [2.24, 2.45) is 5.10 Å². The number of nitro groups is 1. The summed E-state index contributed by atoms with van der Waals surface area (Å²) in [6.45, 7) is 0.390. The Morgan fingerprint density at radius 3 is 2.80 bits per heavy atom. The van der Waals surface area contributed by atoms with Gasteiger partial charge in [-0.3, -0.25) is 19.6 Å². The minimum atomic E-state index is -0.455. The topological polar surface area (TPSA) is 116 Å². The predicted octanol–water partition coefficient (Wildman–Crippen LogP) is 2.20. The average molecular weight is 339 g/mol. The number of carbonyl (C=O) groups excluding carboxylic acids is 1. The summed E-state index contributed by atoms with van der Waals surface area (Å²) in [4.78, 5) is 22.1. The van der Waals surface area contributed by atoms with E-state index in [1.807, 2.05) is 0 Å². The molecule has 0 fully saturated rings. The third kappa shape index (κ3) is 4.16. The van der Waals surface area contributed by atoms with E-state index in [1.54, 1.807) is 41.2 Å². The standard InChI is InChI=1S/C16H13N5O4/c22-16(18-17-10-14-2-1-9-25-14)15-7-8-20(19-15)11-12-3-5-13(6-4-12)21(23)24/h1-10H,11H2,(H,18,22). The van der Waals surface area contributed by atoms with Gasteiger partial charge in [0.2, 0.25) is 0 Å². The minimum absolute atomic E-state index is 0.0266. The molecule has 126 valence electrons. The van der Waals surface area contributed by atoms with Gasteiger partial charge >= 0.3 is 0 Å². The number of furan rings is 1. The molecule has 3 aromatic rings. The number of nitro benzene ring substituents is 1. The maximum absolute atomic E-state index is 12.0. The van der Waals surface area contributed by atoms with Crippen LogP contribution in [0.25, 0.3) is 0 Å². The van der Waals surface area contributed by atoms with Gasteiger partial charge in [-0.2, -0.15) is 10.2 Å². The molecule has 25 heavy (non-hydrogen) atoms. The van der Waals surface area contributed by atoms with Gasteiger partial charge in [0.05, 0.1) is 23.9 Å². The number of hydrazone groups is 1. The number of nitrogens with one attached hydrogen (secondary N) is 1. The zero-order chi connectivity index (χ0) is 17.6. The summed E-state index contributed by atoms with van der Waals surface area (Å²) in [5, 5.41) is 18.6. The van der Waals surface area contributed by atoms with Gasteiger partial charge in [-0.15, -0.1) is 0 Å². The van der Waals surface area contributed by atoms with Crippen LogP contribution in [0.3, 0.4) is 0 Å². The molecule has 1 amide bonds. The third-order valence-corrected chi connectivity index (χ3v) is 3.27. The average Bonchev–Trinajstić information content (AvgIpc) is 3.27. The van der Waals surface area contributed by atoms with Gasteiger partial charge in [-0.1, -0.05) is 12.1 Å². The predicted molar refractivity (Wildman–Crippen MR) is 88.2 cm³/mol. The number of nitrogens with zero attached hydrogens (tertiary/aromatic N) is 4. The first-order chi connectivity index (χ1) is 12.1. The maximum atomic E-state index is 12.0. The van der Waals surface area contributed by atoms with E-state index in [0.29, 0.717) is 12.3 Å². The molecular formula is C16H13N5O4. The van der Waals surface area contributed by atoms with Crippen LogP contribution in [-0.2, 0) is 6.54 Å². The molecule has 2 aromatic heterocycles. The first-order valence-corrected chi connectivity index (χ1v) is 7.25. The molecule has 0 spiro atoms. The van der Waals surface area contributed by atoms with Gasteiger partial charge < -0.3 is 4.42 Å². The lowest BCUT2D eigenvalue weighted by atomic mass is 10.2. The van der Waals surface area contributed by atoms with Crippen molar-refractivity contribution in [3.63, 3.8) is 0 Å². The van der Waals surface area contributed by atoms with Crippen molar-refractivity contribution in [2.45, 2.75) is 6.54 Å². The van der Waals surface area contributed by atoms with E-state index < -0.39 is 10.8 Å². The molecule has 9 heteroatoms. The van der Waals surface area contributed by atoms with Crippen molar-refractivity contribution < 1.29 is 14.1 Å². The molecule has 0 saturated carbocycles. The molecule has 3 rings (SSSR count). The number of non-ortho nitro benzene ring substituents is 1. The second kappa shape index (κ2) is 7.21. The SMILES string of the molecule is O=C(NN=Cc1ccco1)c1ccn(Cc2ccc([N+](=O)[O-])cc2)n1. The van der Waals surface area contributed by atoms with E-state index in [1.165, 1.54) is 24.6 Å². The lowest BCUT2D eigenvalue weighted by Crippen LogP contribution is -2.18. The summed E-state index contributed by atoms with van der Waals surface area (Å²) in [5.74, 6) is 0.0641. The number of amides is 1. The second-order valence-corrected chi connectivity index (χ2v) is 5.04. The van der Waals surface area contributed by atoms with Crippen molar-refractivity contribution in [2.75, 3.05) is 0 Å². The van der Waals surface area contributed by atoms with Crippen molar-refractivity contribution in [3.8, 4) is 0 Å². The summed E-state index contributed by atoms with van der Waals surface area (Å²) in [7, 11) is 0. The number of benzene rings is 1. The van der Waals surface area contributed by atoms with Crippen LogP contribution < -0.4 is 5.43 Å². The Bertz CT molecular complexity index is 897. The molecule has 0 unspecified atom stereocenters. The van der Waals surface area contributed by atoms with Crippen LogP contribution >= 0.6 is 0 Å². The fraction of sp³-hybridized carbons (Fsp3) is 0.0625. The fourth-order valence-electron chi connectivity index (χ4n) is 2.06. The molecular weight excluding hydrogens is 326 g/mol. The summed E-state index contributed by atoms with van der Waals surface area (Å²) < 4.78 is 6.61. The second-order valence-electron chi connectivity index (χ2n) is 5.04. The zero-order valence-corrected chi connectivity index (χ0v) is 12.9. The Morgan fingerprint density at radius 1 is 1.32 bits per heavy atom. The minimum Gasteiger partial charge on any atom is -0.463 e. The van der Waals surface area contributed by atoms with Crippen LogP contribution in [0, 0.1) is 10.1 Å². The van der Waals surface area contributed by atoms with Gasteiger partial charge in [0, 0.05) is 18.3 Å². The van der Waals surface area contributed by atoms with Crippen molar-refractivity contribution in [3.05, 3.63) is 82.1 Å². The Kier molecular flexibility index (Phi) is 4.65. The molecule has 2 heterocycles. The number of carbonyl (C=O) groups is 1. The highest BCUT2D eigenvalue weighted by Gasteiger charge is 2.09. The van der Waals surface area contributed by atoms with E-state index in [9.17, 15) is 14.9 Å². The largest absolute Gasteiger partial charge is 0.463 e. The van der Waals surface area contributed by atoms with Crippen LogP contribution in [-0.4, -0.2) is 26.8 Å². The highest BCUT2D eigenvalue weighted by Crippen LogP contribution is 2.12. The molecule has 9 nitrogen and oxygen atoms in total. The van der Waals surface area contributed by atoms with Crippen LogP contribution in [0.1, 0.15) is 21.8 Å². The molecule has 0 aliphatic carbocycles. The van der Waals surface area contributed by atoms with Gasteiger partial charge in [0.15, 0.2) is 5.69 Å². The van der Waals surface area contributed by atoms with Gasteiger partial charge in [-0.25, -0.2) is 5.43 Å². The smallest absolute Gasteiger partial charge is 0.291 e. The lowest BCUT2D eigenvalue weighted by Gasteiger charge is -2.01. The zero-order valence-electron chi connectivity index (χ0n) is 12.9. The fourth-order valence-corrected chi connectivity index (χ4v) is 2.06. The van der Waals surface area contributed by atoms with Gasteiger partial charge in [0.25, 0.3) is 11.6 Å². The molecule has 0 bridgehead atoms. The van der Waals surface area contributed by atoms with Gasteiger partial charge in [-0.05, 0) is 23.8 Å². The van der Waals surface area contributed by atoms with E-state index in [-0.39, 0.29) is 11.4 Å². The van der Waals surface area contributed by atoms with Crippen molar-refractivity contribution in [1.29, 1.82) is 0 Å². The quantitative estimate of drug-likeness (QED) is 0.420. The number of rotatable bonds is 6. The van der Waals surface area contributed by atoms with Crippen LogP contribution in [0.4, 0.5) is 5.69 Å². The highest BCUT2D eigenvalue weighted by molar-refractivity contribution is 5.92. The Morgan fingerprint density at radius 2 is 2.12 bits per heavy atom.